The molecule has 0 heterocycles. The molecule has 4 rings (SSSR count). The second-order valence-electron chi connectivity index (χ2n) is 10.4. The maximum Gasteiger partial charge on any atom is 0.142 e. The van der Waals surface area contributed by atoms with Crippen molar-refractivity contribution in [3.63, 3.8) is 0 Å². The van der Waals surface area contributed by atoms with Crippen LogP contribution < -0.4 is 0 Å². The Hall–Kier alpha value is -1.34. The molecule has 0 amide bonds. The van der Waals surface area contributed by atoms with Gasteiger partial charge in [-0.05, 0) is 91.0 Å². The molecule has 0 aromatic heterocycles. The van der Waals surface area contributed by atoms with E-state index in [1.54, 1.807) is 12.1 Å². The summed E-state index contributed by atoms with van der Waals surface area (Å²) in [5, 5.41) is 0.200. The van der Waals surface area contributed by atoms with Crippen molar-refractivity contribution in [2.24, 2.45) is 17.8 Å². The minimum Gasteiger partial charge on any atom is -0.205 e. The zero-order valence-electron chi connectivity index (χ0n) is 19.1. The number of benzene rings is 2. The summed E-state index contributed by atoms with van der Waals surface area (Å²) in [5.74, 6) is 3.38. The van der Waals surface area contributed by atoms with Gasteiger partial charge in [-0.25, -0.2) is 4.39 Å². The predicted octanol–water partition coefficient (Wildman–Crippen LogP) is 9.14. The van der Waals surface area contributed by atoms with Crippen molar-refractivity contribution in [3.05, 3.63) is 70.0 Å². The fourth-order valence-corrected chi connectivity index (χ4v) is 5.93. The Bertz CT molecular complexity index is 811. The summed E-state index contributed by atoms with van der Waals surface area (Å²) in [6.45, 7) is 2.42. The predicted molar refractivity (Wildman–Crippen MR) is 130 cm³/mol. The van der Waals surface area contributed by atoms with Gasteiger partial charge in [0.15, 0.2) is 0 Å². The average Bonchev–Trinajstić information content (AvgIpc) is 2.80. The van der Waals surface area contributed by atoms with Crippen molar-refractivity contribution in [1.29, 1.82) is 0 Å². The molecule has 0 radical (unpaired) electrons. The monoisotopic (exact) mass is 440 g/mol. The second kappa shape index (κ2) is 11.0. The molecule has 0 saturated heterocycles. The first-order valence-electron chi connectivity index (χ1n) is 12.6. The zero-order chi connectivity index (χ0) is 21.6. The van der Waals surface area contributed by atoms with Crippen molar-refractivity contribution in [2.45, 2.75) is 89.9 Å². The fourth-order valence-electron chi connectivity index (χ4n) is 5.81. The largest absolute Gasteiger partial charge is 0.205 e. The maximum atomic E-state index is 13.6. The lowest BCUT2D eigenvalue weighted by molar-refractivity contribution is 0.237. The molecule has 2 aliphatic rings. The highest BCUT2D eigenvalue weighted by atomic mass is 35.5. The second-order valence-corrected chi connectivity index (χ2v) is 10.8. The lowest BCUT2D eigenvalue weighted by Crippen LogP contribution is -2.17. The van der Waals surface area contributed by atoms with Gasteiger partial charge in [0.25, 0.3) is 0 Å². The Morgan fingerprint density at radius 1 is 0.742 bits per heavy atom. The number of halogens is 2. The van der Waals surface area contributed by atoms with Crippen molar-refractivity contribution in [2.75, 3.05) is 0 Å². The third kappa shape index (κ3) is 6.58. The Balaban J connectivity index is 1.19. The van der Waals surface area contributed by atoms with Crippen LogP contribution in [0.2, 0.25) is 5.02 Å². The summed E-state index contributed by atoms with van der Waals surface area (Å²) in [4.78, 5) is 0. The van der Waals surface area contributed by atoms with Crippen LogP contribution in [0.25, 0.3) is 0 Å². The van der Waals surface area contributed by atoms with E-state index in [0.717, 1.165) is 42.1 Å². The van der Waals surface area contributed by atoms with Gasteiger partial charge in [-0.3, -0.25) is 0 Å². The maximum absolute atomic E-state index is 13.6. The van der Waals surface area contributed by atoms with Crippen LogP contribution in [0.4, 0.5) is 4.39 Å². The SMILES string of the molecule is C[C@H]1CC[C@H](CCC2CCC(c3ccc(CCc4ccc(Cl)c(F)c4)cc3)CC2)CC1. The first kappa shape index (κ1) is 22.8. The van der Waals surface area contributed by atoms with E-state index in [0.29, 0.717) is 0 Å². The lowest BCUT2D eigenvalue weighted by atomic mass is 9.74. The molecule has 0 aliphatic heterocycles. The molecule has 168 valence electrons. The van der Waals surface area contributed by atoms with Gasteiger partial charge >= 0.3 is 0 Å². The zero-order valence-corrected chi connectivity index (χ0v) is 19.8. The summed E-state index contributed by atoms with van der Waals surface area (Å²) in [6.07, 6.45) is 16.2. The van der Waals surface area contributed by atoms with Crippen molar-refractivity contribution in [3.8, 4) is 0 Å². The van der Waals surface area contributed by atoms with E-state index in [9.17, 15) is 4.39 Å². The number of aryl methyl sites for hydroxylation is 2. The number of rotatable bonds is 7. The highest BCUT2D eigenvalue weighted by molar-refractivity contribution is 6.30. The fraction of sp³-hybridized carbons (Fsp3) is 0.586. The molecule has 0 nitrogen and oxygen atoms in total. The van der Waals surface area contributed by atoms with E-state index in [1.165, 1.54) is 75.3 Å². The first-order chi connectivity index (χ1) is 15.1. The smallest absolute Gasteiger partial charge is 0.142 e. The van der Waals surface area contributed by atoms with Gasteiger partial charge < -0.3 is 0 Å². The highest BCUT2D eigenvalue weighted by Crippen LogP contribution is 2.39. The van der Waals surface area contributed by atoms with E-state index < -0.39 is 0 Å². The summed E-state index contributed by atoms with van der Waals surface area (Å²) >= 11 is 5.78. The van der Waals surface area contributed by atoms with Crippen LogP contribution >= 0.6 is 11.6 Å². The van der Waals surface area contributed by atoms with Crippen LogP contribution in [0.15, 0.2) is 42.5 Å². The minimum atomic E-state index is -0.321. The molecule has 2 saturated carbocycles. The van der Waals surface area contributed by atoms with Crippen LogP contribution in [0.5, 0.6) is 0 Å². The molecular weight excluding hydrogens is 403 g/mol. The van der Waals surface area contributed by atoms with Gasteiger partial charge in [0.05, 0.1) is 5.02 Å². The highest BCUT2D eigenvalue weighted by Gasteiger charge is 2.24. The summed E-state index contributed by atoms with van der Waals surface area (Å²) in [7, 11) is 0. The Kier molecular flexibility index (Phi) is 8.10. The molecule has 2 aromatic rings. The molecule has 0 spiro atoms. The van der Waals surface area contributed by atoms with E-state index in [2.05, 4.69) is 31.2 Å². The van der Waals surface area contributed by atoms with Crippen LogP contribution in [-0.2, 0) is 12.8 Å². The standard InChI is InChI=1S/C29H38ClF/c1-21-2-4-22(5-3-21)6-7-23-10-15-26(16-11-23)27-17-12-24(13-18-27)8-9-25-14-19-28(30)29(31)20-25/h12-14,17-23,26H,2-11,15-16H2,1H3/t21-,22-,23?,26?. The first-order valence-corrected chi connectivity index (χ1v) is 13.0. The molecule has 0 N–H and O–H groups in total. The van der Waals surface area contributed by atoms with Gasteiger partial charge in [-0.2, -0.15) is 0 Å². The van der Waals surface area contributed by atoms with E-state index in [4.69, 9.17) is 11.6 Å². The average molecular weight is 441 g/mol. The van der Waals surface area contributed by atoms with Crippen LogP contribution in [0.3, 0.4) is 0 Å². The molecule has 2 aromatic carbocycles. The third-order valence-electron chi connectivity index (χ3n) is 8.10. The molecule has 2 heteroatoms. The van der Waals surface area contributed by atoms with E-state index in [1.807, 2.05) is 6.07 Å². The minimum absolute atomic E-state index is 0.200. The van der Waals surface area contributed by atoms with Gasteiger partial charge in [0.1, 0.15) is 5.82 Å². The Morgan fingerprint density at radius 2 is 1.29 bits per heavy atom. The molecule has 2 fully saturated rings. The van der Waals surface area contributed by atoms with Crippen molar-refractivity contribution < 1.29 is 4.39 Å². The summed E-state index contributed by atoms with van der Waals surface area (Å²) < 4.78 is 13.6. The van der Waals surface area contributed by atoms with Crippen molar-refractivity contribution >= 4 is 11.6 Å². The van der Waals surface area contributed by atoms with Gasteiger partial charge in [0, 0.05) is 0 Å². The van der Waals surface area contributed by atoms with Gasteiger partial charge in [0.2, 0.25) is 0 Å². The molecule has 0 atom stereocenters. The van der Waals surface area contributed by atoms with Crippen LogP contribution in [0, 0.1) is 23.6 Å². The molecule has 31 heavy (non-hydrogen) atoms. The summed E-state index contributed by atoms with van der Waals surface area (Å²) in [5.41, 5.74) is 3.85. The Labute approximate surface area is 193 Å². The normalized spacial score (nSPS) is 26.7. The quantitative estimate of drug-likeness (QED) is 0.402. The van der Waals surface area contributed by atoms with Gasteiger partial charge in [-0.15, -0.1) is 0 Å². The lowest BCUT2D eigenvalue weighted by Gasteiger charge is -2.31. The number of hydrogen-bond acceptors (Lipinski definition) is 0. The van der Waals surface area contributed by atoms with Crippen LogP contribution in [0.1, 0.15) is 93.7 Å². The molecule has 0 bridgehead atoms. The molecule has 0 unspecified atom stereocenters. The number of hydrogen-bond donors (Lipinski definition) is 0. The topological polar surface area (TPSA) is 0 Å². The van der Waals surface area contributed by atoms with E-state index >= 15 is 0 Å². The summed E-state index contributed by atoms with van der Waals surface area (Å²) in [6, 6.07) is 14.4. The van der Waals surface area contributed by atoms with Gasteiger partial charge in [-0.1, -0.05) is 87.4 Å². The Morgan fingerprint density at radius 3 is 1.90 bits per heavy atom. The van der Waals surface area contributed by atoms with Crippen molar-refractivity contribution in [1.82, 2.24) is 0 Å². The van der Waals surface area contributed by atoms with Crippen LogP contribution in [-0.4, -0.2) is 0 Å². The third-order valence-corrected chi connectivity index (χ3v) is 8.41. The molecule has 2 aliphatic carbocycles. The molecular formula is C29H38ClF. The van der Waals surface area contributed by atoms with E-state index in [-0.39, 0.29) is 10.8 Å².